The highest BCUT2D eigenvalue weighted by molar-refractivity contribution is 7.98. The van der Waals surface area contributed by atoms with Crippen LogP contribution >= 0.6 is 23.4 Å². The van der Waals surface area contributed by atoms with Gasteiger partial charge in [0.2, 0.25) is 0 Å². The summed E-state index contributed by atoms with van der Waals surface area (Å²) in [6, 6.07) is 6.42. The lowest BCUT2D eigenvalue weighted by Gasteiger charge is -2.05. The van der Waals surface area contributed by atoms with E-state index in [-0.39, 0.29) is 5.82 Å². The number of fused-ring (bicyclic) bond motifs is 1. The zero-order valence-electron chi connectivity index (χ0n) is 9.95. The van der Waals surface area contributed by atoms with Crippen LogP contribution in [0.5, 0.6) is 0 Å². The lowest BCUT2D eigenvalue weighted by Crippen LogP contribution is -1.93. The van der Waals surface area contributed by atoms with E-state index in [1.165, 1.54) is 23.9 Å². The molecule has 0 aliphatic heterocycles. The Morgan fingerprint density at radius 3 is 2.89 bits per heavy atom. The summed E-state index contributed by atoms with van der Waals surface area (Å²) in [6.07, 6.45) is 3.66. The third-order valence-corrected chi connectivity index (χ3v) is 3.58. The Bertz CT molecular complexity index is 757. The number of aromatic nitrogens is 3. The highest BCUT2D eigenvalue weighted by Crippen LogP contribution is 2.29. The van der Waals surface area contributed by atoms with E-state index in [1.54, 1.807) is 12.3 Å². The quantitative estimate of drug-likeness (QED) is 0.570. The van der Waals surface area contributed by atoms with E-state index in [0.717, 1.165) is 10.4 Å². The summed E-state index contributed by atoms with van der Waals surface area (Å²) in [6.45, 7) is 0. The standard InChI is InChI=1S/C13H9ClFN3S/c1-19-12-6-11(14)17-13(18-12)9-4-7(15)5-10-8(9)2-3-16-10/h2-6,16H,1H3. The van der Waals surface area contributed by atoms with Gasteiger partial charge in [0.25, 0.3) is 0 Å². The molecule has 0 fully saturated rings. The van der Waals surface area contributed by atoms with E-state index in [9.17, 15) is 4.39 Å². The normalized spacial score (nSPS) is 11.1. The molecule has 1 N–H and O–H groups in total. The number of hydrogen-bond donors (Lipinski definition) is 1. The number of benzene rings is 1. The number of H-pyrrole nitrogens is 1. The molecule has 0 amide bonds. The maximum Gasteiger partial charge on any atom is 0.162 e. The minimum absolute atomic E-state index is 0.334. The molecule has 96 valence electrons. The molecule has 0 unspecified atom stereocenters. The van der Waals surface area contributed by atoms with Crippen molar-refractivity contribution < 1.29 is 4.39 Å². The Morgan fingerprint density at radius 1 is 1.26 bits per heavy atom. The Kier molecular flexibility index (Phi) is 3.16. The lowest BCUT2D eigenvalue weighted by atomic mass is 10.1. The number of nitrogens with zero attached hydrogens (tertiary/aromatic N) is 2. The monoisotopic (exact) mass is 293 g/mol. The lowest BCUT2D eigenvalue weighted by molar-refractivity contribution is 0.629. The molecule has 3 aromatic rings. The van der Waals surface area contributed by atoms with Gasteiger partial charge in [0.05, 0.1) is 0 Å². The van der Waals surface area contributed by atoms with Gasteiger partial charge in [-0.1, -0.05) is 11.6 Å². The van der Waals surface area contributed by atoms with Crippen LogP contribution in [0, 0.1) is 5.82 Å². The molecular weight excluding hydrogens is 285 g/mol. The molecule has 19 heavy (non-hydrogen) atoms. The van der Waals surface area contributed by atoms with E-state index in [0.29, 0.717) is 22.1 Å². The van der Waals surface area contributed by atoms with Crippen molar-refractivity contribution in [2.45, 2.75) is 5.03 Å². The topological polar surface area (TPSA) is 41.6 Å². The third kappa shape index (κ3) is 2.31. The Balaban J connectivity index is 2.29. The van der Waals surface area contributed by atoms with Crippen LogP contribution in [0.15, 0.2) is 35.5 Å². The first-order chi connectivity index (χ1) is 9.17. The molecule has 3 rings (SSSR count). The van der Waals surface area contributed by atoms with Crippen LogP contribution in [0.2, 0.25) is 5.15 Å². The Morgan fingerprint density at radius 2 is 2.11 bits per heavy atom. The van der Waals surface area contributed by atoms with Gasteiger partial charge >= 0.3 is 0 Å². The first-order valence-electron chi connectivity index (χ1n) is 5.53. The van der Waals surface area contributed by atoms with Gasteiger partial charge in [0.15, 0.2) is 5.82 Å². The van der Waals surface area contributed by atoms with Gasteiger partial charge in [0, 0.05) is 28.7 Å². The van der Waals surface area contributed by atoms with Crippen LogP contribution in [0.3, 0.4) is 0 Å². The summed E-state index contributed by atoms with van der Waals surface area (Å²) in [5.41, 5.74) is 1.35. The third-order valence-electron chi connectivity index (χ3n) is 2.76. The predicted octanol–water partition coefficient (Wildman–Crippen LogP) is 4.14. The molecule has 0 bridgehead atoms. The zero-order chi connectivity index (χ0) is 13.4. The Hall–Kier alpha value is -1.59. The van der Waals surface area contributed by atoms with Crippen LogP contribution in [-0.2, 0) is 0 Å². The van der Waals surface area contributed by atoms with Crippen molar-refractivity contribution in [1.82, 2.24) is 15.0 Å². The maximum atomic E-state index is 13.6. The van der Waals surface area contributed by atoms with Gasteiger partial charge in [-0.15, -0.1) is 11.8 Å². The van der Waals surface area contributed by atoms with Gasteiger partial charge < -0.3 is 4.98 Å². The fourth-order valence-corrected chi connectivity index (χ4v) is 2.59. The van der Waals surface area contributed by atoms with Crippen molar-refractivity contribution in [3.8, 4) is 11.4 Å². The maximum absolute atomic E-state index is 13.6. The average Bonchev–Trinajstić information content (AvgIpc) is 2.84. The summed E-state index contributed by atoms with van der Waals surface area (Å²) in [5, 5.41) is 1.97. The first-order valence-corrected chi connectivity index (χ1v) is 7.13. The molecule has 3 nitrogen and oxygen atoms in total. The number of halogens is 2. The van der Waals surface area contributed by atoms with Gasteiger partial charge in [-0.05, 0) is 24.5 Å². The minimum Gasteiger partial charge on any atom is -0.361 e. The fraction of sp³-hybridized carbons (Fsp3) is 0.0769. The van der Waals surface area contributed by atoms with Crippen molar-refractivity contribution in [2.75, 3.05) is 6.26 Å². The fourth-order valence-electron chi connectivity index (χ4n) is 1.94. The number of aromatic amines is 1. The van der Waals surface area contributed by atoms with Crippen LogP contribution in [0.1, 0.15) is 0 Å². The zero-order valence-corrected chi connectivity index (χ0v) is 11.5. The minimum atomic E-state index is -0.334. The van der Waals surface area contributed by atoms with Crippen molar-refractivity contribution in [3.05, 3.63) is 41.4 Å². The van der Waals surface area contributed by atoms with Crippen LogP contribution < -0.4 is 0 Å². The molecule has 0 spiro atoms. The average molecular weight is 294 g/mol. The summed E-state index contributed by atoms with van der Waals surface area (Å²) in [4.78, 5) is 11.5. The summed E-state index contributed by atoms with van der Waals surface area (Å²) >= 11 is 7.44. The molecule has 0 aliphatic rings. The molecule has 0 atom stereocenters. The molecule has 0 saturated carbocycles. The number of rotatable bonds is 2. The van der Waals surface area contributed by atoms with Crippen LogP contribution in [0.4, 0.5) is 4.39 Å². The van der Waals surface area contributed by atoms with Gasteiger partial charge in [-0.3, -0.25) is 0 Å². The van der Waals surface area contributed by atoms with Crippen molar-refractivity contribution in [3.63, 3.8) is 0 Å². The van der Waals surface area contributed by atoms with E-state index in [4.69, 9.17) is 11.6 Å². The van der Waals surface area contributed by atoms with E-state index >= 15 is 0 Å². The van der Waals surface area contributed by atoms with E-state index in [2.05, 4.69) is 15.0 Å². The summed E-state index contributed by atoms with van der Waals surface area (Å²) < 4.78 is 13.6. The molecule has 0 aliphatic carbocycles. The van der Waals surface area contributed by atoms with Crippen molar-refractivity contribution in [2.24, 2.45) is 0 Å². The van der Waals surface area contributed by atoms with Crippen molar-refractivity contribution in [1.29, 1.82) is 0 Å². The molecule has 1 aromatic carbocycles. The second-order valence-electron chi connectivity index (χ2n) is 3.95. The molecule has 6 heteroatoms. The van der Waals surface area contributed by atoms with Crippen LogP contribution in [0.25, 0.3) is 22.3 Å². The molecule has 2 heterocycles. The smallest absolute Gasteiger partial charge is 0.162 e. The summed E-state index contributed by atoms with van der Waals surface area (Å²) in [7, 11) is 0. The van der Waals surface area contributed by atoms with E-state index < -0.39 is 0 Å². The Labute approximate surface area is 118 Å². The molecule has 0 saturated heterocycles. The van der Waals surface area contributed by atoms with Gasteiger partial charge in [-0.25, -0.2) is 14.4 Å². The summed E-state index contributed by atoms with van der Waals surface area (Å²) in [5.74, 6) is 0.0974. The second-order valence-corrected chi connectivity index (χ2v) is 5.16. The predicted molar refractivity (Wildman–Crippen MR) is 76.1 cm³/mol. The van der Waals surface area contributed by atoms with E-state index in [1.807, 2.05) is 12.3 Å². The number of hydrogen-bond acceptors (Lipinski definition) is 3. The van der Waals surface area contributed by atoms with Crippen molar-refractivity contribution >= 4 is 34.3 Å². The molecule has 0 radical (unpaired) electrons. The second kappa shape index (κ2) is 4.83. The number of thioether (sulfide) groups is 1. The first kappa shape index (κ1) is 12.4. The van der Waals surface area contributed by atoms with Gasteiger partial charge in [0.1, 0.15) is 16.0 Å². The SMILES string of the molecule is CSc1cc(Cl)nc(-c2cc(F)cc3[nH]ccc23)n1. The molecule has 2 aromatic heterocycles. The number of nitrogens with one attached hydrogen (secondary N) is 1. The van der Waals surface area contributed by atoms with Gasteiger partial charge in [-0.2, -0.15) is 0 Å². The highest BCUT2D eigenvalue weighted by atomic mass is 35.5. The van der Waals surface area contributed by atoms with Crippen LogP contribution in [-0.4, -0.2) is 21.2 Å². The highest BCUT2D eigenvalue weighted by Gasteiger charge is 2.11. The molecular formula is C13H9ClFN3S. The largest absolute Gasteiger partial charge is 0.361 e.